The third kappa shape index (κ3) is 4.71. The lowest BCUT2D eigenvalue weighted by atomic mass is 10.0. The predicted molar refractivity (Wildman–Crippen MR) is 101 cm³/mol. The average molecular weight is 361 g/mol. The van der Waals surface area contributed by atoms with Crippen LogP contribution in [0.4, 0.5) is 18.9 Å². The first-order chi connectivity index (χ1) is 12.9. The zero-order valence-electron chi connectivity index (χ0n) is 14.1. The number of alkyl halides is 3. The van der Waals surface area contributed by atoms with Crippen molar-refractivity contribution in [2.75, 3.05) is 5.73 Å². The number of benzene rings is 3. The van der Waals surface area contributed by atoms with E-state index in [1.165, 1.54) is 0 Å². The van der Waals surface area contributed by atoms with Gasteiger partial charge in [-0.15, -0.1) is 0 Å². The molecule has 0 saturated heterocycles. The Hall–Kier alpha value is -3.63. The van der Waals surface area contributed by atoms with Crippen LogP contribution in [0.15, 0.2) is 72.8 Å². The molecule has 132 valence electrons. The lowest BCUT2D eigenvalue weighted by molar-refractivity contribution is -0.137. The standard InChI is InChI=1S/C23H14F3N/c24-23(25,26)21-15-19(13-11-17-7-3-1-4-8-17)22(27)20(16-21)14-12-18-9-5-2-6-10-18/h1-10,15-16H,27H2. The lowest BCUT2D eigenvalue weighted by Gasteiger charge is -2.10. The molecule has 0 aromatic heterocycles. The topological polar surface area (TPSA) is 26.0 Å². The molecule has 0 atom stereocenters. The van der Waals surface area contributed by atoms with Gasteiger partial charge in [-0.3, -0.25) is 0 Å². The molecule has 0 unspecified atom stereocenters. The van der Waals surface area contributed by atoms with E-state index in [0.29, 0.717) is 11.1 Å². The average Bonchev–Trinajstić information content (AvgIpc) is 2.67. The number of anilines is 1. The van der Waals surface area contributed by atoms with Gasteiger partial charge in [0, 0.05) is 22.3 Å². The Balaban J connectivity index is 2.09. The minimum atomic E-state index is -4.51. The summed E-state index contributed by atoms with van der Waals surface area (Å²) in [4.78, 5) is 0. The van der Waals surface area contributed by atoms with Crippen LogP contribution in [0.1, 0.15) is 27.8 Å². The monoisotopic (exact) mass is 361 g/mol. The Morgan fingerprint density at radius 2 is 1.04 bits per heavy atom. The Morgan fingerprint density at radius 1 is 0.630 bits per heavy atom. The van der Waals surface area contributed by atoms with Crippen molar-refractivity contribution < 1.29 is 13.2 Å². The summed E-state index contributed by atoms with van der Waals surface area (Å²) in [6.45, 7) is 0. The molecule has 0 spiro atoms. The van der Waals surface area contributed by atoms with E-state index in [1.807, 2.05) is 12.1 Å². The Kier molecular flexibility index (Phi) is 5.20. The van der Waals surface area contributed by atoms with Gasteiger partial charge in [-0.2, -0.15) is 13.2 Å². The number of nitrogens with two attached hydrogens (primary N) is 1. The highest BCUT2D eigenvalue weighted by atomic mass is 19.4. The molecule has 1 nitrogen and oxygen atoms in total. The lowest BCUT2D eigenvalue weighted by Crippen LogP contribution is -2.08. The van der Waals surface area contributed by atoms with Crippen molar-refractivity contribution in [3.05, 3.63) is 101 Å². The van der Waals surface area contributed by atoms with Gasteiger partial charge in [0.25, 0.3) is 0 Å². The Labute approximate surface area is 155 Å². The fourth-order valence-electron chi connectivity index (χ4n) is 2.35. The SMILES string of the molecule is Nc1c(C#Cc2ccccc2)cc(C(F)(F)F)cc1C#Cc1ccccc1. The van der Waals surface area contributed by atoms with E-state index in [2.05, 4.69) is 23.7 Å². The molecule has 0 aliphatic rings. The molecule has 3 rings (SSSR count). The van der Waals surface area contributed by atoms with E-state index in [1.54, 1.807) is 48.5 Å². The quantitative estimate of drug-likeness (QED) is 0.438. The van der Waals surface area contributed by atoms with E-state index < -0.39 is 11.7 Å². The van der Waals surface area contributed by atoms with Crippen molar-refractivity contribution in [2.24, 2.45) is 0 Å². The van der Waals surface area contributed by atoms with Gasteiger partial charge in [0.1, 0.15) is 0 Å². The maximum absolute atomic E-state index is 13.3. The van der Waals surface area contributed by atoms with Crippen molar-refractivity contribution in [1.82, 2.24) is 0 Å². The molecule has 3 aromatic carbocycles. The molecule has 2 N–H and O–H groups in total. The zero-order chi connectivity index (χ0) is 19.3. The predicted octanol–water partition coefficient (Wildman–Crippen LogP) is 5.09. The number of rotatable bonds is 0. The molecule has 27 heavy (non-hydrogen) atoms. The van der Waals surface area contributed by atoms with Gasteiger partial charge in [0.2, 0.25) is 0 Å². The van der Waals surface area contributed by atoms with E-state index in [4.69, 9.17) is 5.73 Å². The first-order valence-electron chi connectivity index (χ1n) is 8.08. The fourth-order valence-corrected chi connectivity index (χ4v) is 2.35. The van der Waals surface area contributed by atoms with Gasteiger partial charge in [-0.25, -0.2) is 0 Å². The summed E-state index contributed by atoms with van der Waals surface area (Å²) < 4.78 is 39.8. The maximum atomic E-state index is 13.3. The molecular weight excluding hydrogens is 347 g/mol. The van der Waals surface area contributed by atoms with Crippen LogP contribution in [-0.2, 0) is 6.18 Å². The summed E-state index contributed by atoms with van der Waals surface area (Å²) in [7, 11) is 0. The van der Waals surface area contributed by atoms with Crippen molar-refractivity contribution in [1.29, 1.82) is 0 Å². The van der Waals surface area contributed by atoms with Crippen LogP contribution >= 0.6 is 0 Å². The Morgan fingerprint density at radius 3 is 1.41 bits per heavy atom. The van der Waals surface area contributed by atoms with E-state index in [-0.39, 0.29) is 16.8 Å². The second-order valence-corrected chi connectivity index (χ2v) is 5.71. The molecule has 3 aromatic rings. The van der Waals surface area contributed by atoms with Crippen molar-refractivity contribution in [3.8, 4) is 23.7 Å². The summed E-state index contributed by atoms with van der Waals surface area (Å²) >= 11 is 0. The number of nitrogen functional groups attached to an aromatic ring is 1. The van der Waals surface area contributed by atoms with E-state index >= 15 is 0 Å². The number of hydrogen-bond acceptors (Lipinski definition) is 1. The second-order valence-electron chi connectivity index (χ2n) is 5.71. The molecule has 0 aliphatic heterocycles. The highest BCUT2D eigenvalue weighted by Crippen LogP contribution is 2.32. The fraction of sp³-hybridized carbons (Fsp3) is 0.0435. The normalized spacial score (nSPS) is 10.3. The second kappa shape index (κ2) is 7.72. The molecule has 4 heteroatoms. The maximum Gasteiger partial charge on any atom is 0.416 e. The van der Waals surface area contributed by atoms with Crippen LogP contribution in [0.25, 0.3) is 0 Å². The largest absolute Gasteiger partial charge is 0.416 e. The highest BCUT2D eigenvalue weighted by molar-refractivity contribution is 5.68. The van der Waals surface area contributed by atoms with Gasteiger partial charge in [-0.1, -0.05) is 60.1 Å². The molecule has 0 bridgehead atoms. The number of hydrogen-bond donors (Lipinski definition) is 1. The van der Waals surface area contributed by atoms with Gasteiger partial charge >= 0.3 is 6.18 Å². The van der Waals surface area contributed by atoms with Crippen LogP contribution in [0.3, 0.4) is 0 Å². The summed E-state index contributed by atoms with van der Waals surface area (Å²) in [5.41, 5.74) is 6.94. The van der Waals surface area contributed by atoms with E-state index in [0.717, 1.165) is 12.1 Å². The van der Waals surface area contributed by atoms with Gasteiger partial charge in [-0.05, 0) is 36.4 Å². The molecular formula is C23H14F3N. The van der Waals surface area contributed by atoms with Crippen molar-refractivity contribution >= 4 is 5.69 Å². The molecule has 0 amide bonds. The summed E-state index contributed by atoms with van der Waals surface area (Å²) in [5, 5.41) is 0. The van der Waals surface area contributed by atoms with Gasteiger partial charge in [0.15, 0.2) is 0 Å². The minimum Gasteiger partial charge on any atom is -0.397 e. The third-order valence-electron chi connectivity index (χ3n) is 3.74. The molecule has 0 aliphatic carbocycles. The van der Waals surface area contributed by atoms with Crippen LogP contribution in [-0.4, -0.2) is 0 Å². The molecule has 0 saturated carbocycles. The zero-order valence-corrected chi connectivity index (χ0v) is 14.1. The summed E-state index contributed by atoms with van der Waals surface area (Å²) in [6.07, 6.45) is -4.51. The van der Waals surface area contributed by atoms with Crippen molar-refractivity contribution in [3.63, 3.8) is 0 Å². The van der Waals surface area contributed by atoms with Crippen LogP contribution in [0.5, 0.6) is 0 Å². The van der Waals surface area contributed by atoms with Crippen LogP contribution in [0, 0.1) is 23.7 Å². The van der Waals surface area contributed by atoms with Crippen LogP contribution in [0.2, 0.25) is 0 Å². The van der Waals surface area contributed by atoms with Crippen molar-refractivity contribution in [2.45, 2.75) is 6.18 Å². The Bertz CT molecular complexity index is 983. The van der Waals surface area contributed by atoms with Gasteiger partial charge in [0.05, 0.1) is 11.3 Å². The first kappa shape index (κ1) is 18.2. The highest BCUT2D eigenvalue weighted by Gasteiger charge is 2.31. The molecule has 0 radical (unpaired) electrons. The minimum absolute atomic E-state index is 0.103. The molecule has 0 fully saturated rings. The molecule has 0 heterocycles. The third-order valence-corrected chi connectivity index (χ3v) is 3.74. The van der Waals surface area contributed by atoms with Crippen LogP contribution < -0.4 is 5.73 Å². The number of halogens is 3. The summed E-state index contributed by atoms with van der Waals surface area (Å²) in [5.74, 6) is 11.1. The summed E-state index contributed by atoms with van der Waals surface area (Å²) in [6, 6.07) is 19.9. The van der Waals surface area contributed by atoms with Gasteiger partial charge < -0.3 is 5.73 Å². The first-order valence-corrected chi connectivity index (χ1v) is 8.08. The van der Waals surface area contributed by atoms with E-state index in [9.17, 15) is 13.2 Å². The smallest absolute Gasteiger partial charge is 0.397 e.